The first-order chi connectivity index (χ1) is 15.7. The molecule has 0 N–H and O–H groups in total. The summed E-state index contributed by atoms with van der Waals surface area (Å²) in [5.41, 5.74) is 2.84. The van der Waals surface area contributed by atoms with Crippen molar-refractivity contribution in [3.63, 3.8) is 0 Å². The molecule has 1 fully saturated rings. The standard InChI is InChI=1S/C29H43FN2/c1-3-5-7-8-9-11-12-23-14-16-25(17-15-23)27-19-18-26(20-28(27)30)29-31-21-24(22-32-29)13-10-6-4-2/h18-23,25H,3-17H2,1-2H3/t23-,25-. The number of aryl methyl sites for hydroxylation is 1. The molecule has 0 spiro atoms. The van der Waals surface area contributed by atoms with Gasteiger partial charge >= 0.3 is 0 Å². The van der Waals surface area contributed by atoms with Gasteiger partial charge in [0, 0.05) is 18.0 Å². The van der Waals surface area contributed by atoms with Crippen LogP contribution in [0.1, 0.15) is 121 Å². The number of hydrogen-bond donors (Lipinski definition) is 0. The molecule has 32 heavy (non-hydrogen) atoms. The number of aromatic nitrogens is 2. The zero-order valence-electron chi connectivity index (χ0n) is 20.4. The van der Waals surface area contributed by atoms with E-state index in [1.54, 1.807) is 6.07 Å². The molecule has 1 aromatic heterocycles. The van der Waals surface area contributed by atoms with Crippen molar-refractivity contribution < 1.29 is 4.39 Å². The number of hydrogen-bond acceptors (Lipinski definition) is 2. The average molecular weight is 439 g/mol. The third kappa shape index (κ3) is 7.67. The molecular weight excluding hydrogens is 395 g/mol. The van der Waals surface area contributed by atoms with Crippen molar-refractivity contribution in [2.45, 2.75) is 116 Å². The minimum Gasteiger partial charge on any atom is -0.236 e. The van der Waals surface area contributed by atoms with Crippen LogP contribution in [0.25, 0.3) is 11.4 Å². The van der Waals surface area contributed by atoms with Crippen LogP contribution in [0.4, 0.5) is 4.39 Å². The molecule has 0 saturated heterocycles. The van der Waals surface area contributed by atoms with Crippen molar-refractivity contribution in [1.82, 2.24) is 9.97 Å². The Bertz CT molecular complexity index is 778. The molecular formula is C29H43FN2. The van der Waals surface area contributed by atoms with E-state index in [1.807, 2.05) is 24.5 Å². The highest BCUT2D eigenvalue weighted by Gasteiger charge is 2.24. The van der Waals surface area contributed by atoms with Gasteiger partial charge in [-0.25, -0.2) is 14.4 Å². The lowest BCUT2D eigenvalue weighted by molar-refractivity contribution is 0.298. The van der Waals surface area contributed by atoms with E-state index >= 15 is 0 Å². The lowest BCUT2D eigenvalue weighted by atomic mass is 9.76. The number of unbranched alkanes of at least 4 members (excludes halogenated alkanes) is 7. The van der Waals surface area contributed by atoms with E-state index in [-0.39, 0.29) is 5.82 Å². The van der Waals surface area contributed by atoms with Crippen LogP contribution in [0.15, 0.2) is 30.6 Å². The van der Waals surface area contributed by atoms with E-state index in [2.05, 4.69) is 23.8 Å². The summed E-state index contributed by atoms with van der Waals surface area (Å²) in [6.45, 7) is 4.48. The Hall–Kier alpha value is -1.77. The Morgan fingerprint density at radius 1 is 0.812 bits per heavy atom. The highest BCUT2D eigenvalue weighted by Crippen LogP contribution is 2.39. The van der Waals surface area contributed by atoms with Crippen molar-refractivity contribution in [1.29, 1.82) is 0 Å². The van der Waals surface area contributed by atoms with Crippen LogP contribution in [0, 0.1) is 11.7 Å². The smallest absolute Gasteiger partial charge is 0.159 e. The zero-order chi connectivity index (χ0) is 22.6. The topological polar surface area (TPSA) is 25.8 Å². The van der Waals surface area contributed by atoms with Gasteiger partial charge in [-0.05, 0) is 67.6 Å². The normalized spacial score (nSPS) is 18.7. The van der Waals surface area contributed by atoms with Gasteiger partial charge in [-0.2, -0.15) is 0 Å². The first-order valence-electron chi connectivity index (χ1n) is 13.3. The molecule has 0 amide bonds. The molecule has 2 aromatic rings. The minimum atomic E-state index is -0.0857. The van der Waals surface area contributed by atoms with Crippen LogP contribution >= 0.6 is 0 Å². The molecule has 1 saturated carbocycles. The molecule has 1 aliphatic carbocycles. The van der Waals surface area contributed by atoms with Gasteiger partial charge in [-0.1, -0.05) is 83.8 Å². The van der Waals surface area contributed by atoms with Gasteiger partial charge in [-0.3, -0.25) is 0 Å². The number of rotatable bonds is 13. The van der Waals surface area contributed by atoms with Crippen molar-refractivity contribution in [2.24, 2.45) is 5.92 Å². The molecule has 176 valence electrons. The summed E-state index contributed by atoms with van der Waals surface area (Å²) in [6.07, 6.45) is 22.8. The third-order valence-corrected chi connectivity index (χ3v) is 7.29. The summed E-state index contributed by atoms with van der Waals surface area (Å²) in [4.78, 5) is 8.99. The summed E-state index contributed by atoms with van der Waals surface area (Å²) in [7, 11) is 0. The Labute approximate surface area is 195 Å². The van der Waals surface area contributed by atoms with Crippen LogP contribution in [-0.4, -0.2) is 9.97 Å². The van der Waals surface area contributed by atoms with E-state index in [9.17, 15) is 4.39 Å². The van der Waals surface area contributed by atoms with Crippen molar-refractivity contribution in [3.05, 3.63) is 47.5 Å². The van der Waals surface area contributed by atoms with E-state index in [1.165, 1.54) is 77.0 Å². The Balaban J connectivity index is 1.47. The second-order valence-corrected chi connectivity index (χ2v) is 9.88. The van der Waals surface area contributed by atoms with E-state index in [0.29, 0.717) is 11.7 Å². The second-order valence-electron chi connectivity index (χ2n) is 9.88. The maximum absolute atomic E-state index is 15.0. The molecule has 0 atom stereocenters. The predicted octanol–water partition coefficient (Wildman–Crippen LogP) is 9.04. The molecule has 0 unspecified atom stereocenters. The lowest BCUT2D eigenvalue weighted by Gasteiger charge is -2.29. The molecule has 3 rings (SSSR count). The summed E-state index contributed by atoms with van der Waals surface area (Å²) in [5.74, 6) is 1.76. The van der Waals surface area contributed by atoms with Crippen molar-refractivity contribution >= 4 is 0 Å². The fourth-order valence-electron chi connectivity index (χ4n) is 5.18. The first kappa shape index (κ1) is 24.9. The average Bonchev–Trinajstić information content (AvgIpc) is 2.82. The molecule has 1 heterocycles. The summed E-state index contributed by atoms with van der Waals surface area (Å²) >= 11 is 0. The van der Waals surface area contributed by atoms with Crippen molar-refractivity contribution in [3.8, 4) is 11.4 Å². The van der Waals surface area contributed by atoms with Gasteiger partial charge in [0.2, 0.25) is 0 Å². The minimum absolute atomic E-state index is 0.0857. The summed E-state index contributed by atoms with van der Waals surface area (Å²) < 4.78 is 15.0. The maximum Gasteiger partial charge on any atom is 0.159 e. The zero-order valence-corrected chi connectivity index (χ0v) is 20.4. The predicted molar refractivity (Wildman–Crippen MR) is 133 cm³/mol. The molecule has 3 heteroatoms. The SMILES string of the molecule is CCCCCCCC[C@H]1CC[C@H](c2ccc(-c3ncc(CCCCC)cn3)cc2F)CC1. The number of halogens is 1. The number of nitrogens with zero attached hydrogens (tertiary/aromatic N) is 2. The molecule has 1 aromatic carbocycles. The van der Waals surface area contributed by atoms with Crippen LogP contribution in [-0.2, 0) is 6.42 Å². The highest BCUT2D eigenvalue weighted by atomic mass is 19.1. The van der Waals surface area contributed by atoms with Crippen LogP contribution in [0.5, 0.6) is 0 Å². The van der Waals surface area contributed by atoms with Gasteiger partial charge in [-0.15, -0.1) is 0 Å². The maximum atomic E-state index is 15.0. The van der Waals surface area contributed by atoms with Crippen LogP contribution < -0.4 is 0 Å². The van der Waals surface area contributed by atoms with Gasteiger partial charge < -0.3 is 0 Å². The van der Waals surface area contributed by atoms with Gasteiger partial charge in [0.1, 0.15) is 5.82 Å². The van der Waals surface area contributed by atoms with Crippen molar-refractivity contribution in [2.75, 3.05) is 0 Å². The van der Waals surface area contributed by atoms with Gasteiger partial charge in [0.05, 0.1) is 0 Å². The molecule has 2 nitrogen and oxygen atoms in total. The Morgan fingerprint density at radius 3 is 2.16 bits per heavy atom. The van der Waals surface area contributed by atoms with E-state index in [0.717, 1.165) is 41.9 Å². The molecule has 0 aliphatic heterocycles. The quantitative estimate of drug-likeness (QED) is 0.291. The van der Waals surface area contributed by atoms with E-state index in [4.69, 9.17) is 0 Å². The molecule has 0 bridgehead atoms. The first-order valence-corrected chi connectivity index (χ1v) is 13.3. The van der Waals surface area contributed by atoms with Crippen LogP contribution in [0.2, 0.25) is 0 Å². The fraction of sp³-hybridized carbons (Fsp3) is 0.655. The highest BCUT2D eigenvalue weighted by molar-refractivity contribution is 5.55. The second kappa shape index (κ2) is 13.7. The summed E-state index contributed by atoms with van der Waals surface area (Å²) in [6, 6.07) is 5.64. The molecule has 1 aliphatic rings. The Morgan fingerprint density at radius 2 is 1.47 bits per heavy atom. The van der Waals surface area contributed by atoms with Gasteiger partial charge in [0.25, 0.3) is 0 Å². The monoisotopic (exact) mass is 438 g/mol. The largest absolute Gasteiger partial charge is 0.236 e. The molecule has 0 radical (unpaired) electrons. The van der Waals surface area contributed by atoms with E-state index < -0.39 is 0 Å². The summed E-state index contributed by atoms with van der Waals surface area (Å²) in [5, 5.41) is 0. The number of benzene rings is 1. The fourth-order valence-corrected chi connectivity index (χ4v) is 5.18. The van der Waals surface area contributed by atoms with Gasteiger partial charge in [0.15, 0.2) is 5.82 Å². The van der Waals surface area contributed by atoms with Crippen LogP contribution in [0.3, 0.4) is 0 Å². The Kier molecular flexibility index (Phi) is 10.6. The lowest BCUT2D eigenvalue weighted by Crippen LogP contribution is -2.14. The third-order valence-electron chi connectivity index (χ3n) is 7.29.